The van der Waals surface area contributed by atoms with Crippen molar-refractivity contribution in [3.05, 3.63) is 22.0 Å². The van der Waals surface area contributed by atoms with Crippen LogP contribution in [0.15, 0.2) is 22.0 Å². The molecule has 19 heavy (non-hydrogen) atoms. The van der Waals surface area contributed by atoms with E-state index in [2.05, 4.69) is 39.3 Å². The highest BCUT2D eigenvalue weighted by molar-refractivity contribution is 6.96. The highest BCUT2D eigenvalue weighted by Gasteiger charge is 2.45. The van der Waals surface area contributed by atoms with Crippen molar-refractivity contribution in [1.29, 1.82) is 0 Å². The fraction of sp³-hybridized carbons (Fsp3) is 0.571. The van der Waals surface area contributed by atoms with Crippen LogP contribution in [0, 0.1) is 0 Å². The summed E-state index contributed by atoms with van der Waals surface area (Å²) in [5.41, 5.74) is 0.607. The maximum atomic E-state index is 12.3. The van der Waals surface area contributed by atoms with E-state index in [1.165, 1.54) is 11.3 Å². The fourth-order valence-electron chi connectivity index (χ4n) is 2.37. The number of hydrogen-bond donors (Lipinski definition) is 0. The third-order valence-corrected chi connectivity index (χ3v) is 7.29. The zero-order valence-corrected chi connectivity index (χ0v) is 15.0. The van der Waals surface area contributed by atoms with Gasteiger partial charge in [-0.2, -0.15) is 0 Å². The maximum Gasteiger partial charge on any atom is 0.331 e. The third kappa shape index (κ3) is 3.33. The van der Waals surface area contributed by atoms with Crippen LogP contribution in [0.25, 0.3) is 0 Å². The molecule has 0 radical (unpaired) electrons. The molecule has 5 heteroatoms. The van der Waals surface area contributed by atoms with Gasteiger partial charge in [0.2, 0.25) is 0 Å². The molecule has 106 valence electrons. The summed E-state index contributed by atoms with van der Waals surface area (Å²) >= 11 is 0. The lowest BCUT2D eigenvalue weighted by Gasteiger charge is -2.39. The molecule has 0 saturated carbocycles. The molecule has 0 spiro atoms. The van der Waals surface area contributed by atoms with E-state index >= 15 is 0 Å². The van der Waals surface area contributed by atoms with E-state index in [1.807, 2.05) is 0 Å². The van der Waals surface area contributed by atoms with E-state index in [0.717, 1.165) is 5.20 Å². The molecule has 0 bridgehead atoms. The van der Waals surface area contributed by atoms with E-state index < -0.39 is 22.1 Å². The average molecular weight is 297 g/mol. The van der Waals surface area contributed by atoms with Crippen molar-refractivity contribution in [2.45, 2.75) is 46.2 Å². The van der Waals surface area contributed by atoms with Crippen LogP contribution in [-0.2, 0) is 14.3 Å². The largest absolute Gasteiger partial charge is 0.463 e. The summed E-state index contributed by atoms with van der Waals surface area (Å²) in [5.74, 6) is -0.333. The van der Waals surface area contributed by atoms with Crippen molar-refractivity contribution >= 4 is 27.9 Å². The number of ketones is 1. The Labute approximate surface area is 117 Å². The number of allylic oxidation sites excluding steroid dienone is 3. The van der Waals surface area contributed by atoms with Crippen LogP contribution < -0.4 is 0 Å². The van der Waals surface area contributed by atoms with Crippen molar-refractivity contribution in [3.8, 4) is 0 Å². The van der Waals surface area contributed by atoms with Crippen molar-refractivity contribution in [3.63, 3.8) is 0 Å². The summed E-state index contributed by atoms with van der Waals surface area (Å²) in [6.07, 6.45) is 1.39. The Bertz CT molecular complexity index is 474. The van der Waals surface area contributed by atoms with Crippen molar-refractivity contribution in [1.82, 2.24) is 0 Å². The van der Waals surface area contributed by atoms with Crippen LogP contribution in [0.4, 0.5) is 0 Å². The smallest absolute Gasteiger partial charge is 0.331 e. The topological polar surface area (TPSA) is 43.4 Å². The van der Waals surface area contributed by atoms with E-state index in [9.17, 15) is 9.59 Å². The third-order valence-electron chi connectivity index (χ3n) is 3.04. The number of esters is 1. The first-order chi connectivity index (χ1) is 8.50. The second kappa shape index (κ2) is 5.21. The first kappa shape index (κ1) is 16.1. The van der Waals surface area contributed by atoms with Gasteiger partial charge in [-0.1, -0.05) is 39.3 Å². The molecule has 1 aliphatic rings. The molecule has 0 amide bonds. The highest BCUT2D eigenvalue weighted by atomic mass is 28.3. The quantitative estimate of drug-likeness (QED) is 0.455. The Kier molecular flexibility index (Phi) is 4.41. The van der Waals surface area contributed by atoms with Gasteiger partial charge in [-0.05, 0) is 17.3 Å². The molecular weight excluding hydrogens is 272 g/mol. The van der Waals surface area contributed by atoms with Gasteiger partial charge in [-0.15, -0.1) is 0 Å². The molecule has 0 aromatic heterocycles. The van der Waals surface area contributed by atoms with Gasteiger partial charge in [-0.25, -0.2) is 4.79 Å². The van der Waals surface area contributed by atoms with Crippen LogP contribution in [0.1, 0.15) is 6.92 Å². The lowest BCUT2D eigenvalue weighted by atomic mass is 9.99. The molecule has 0 heterocycles. The van der Waals surface area contributed by atoms with Gasteiger partial charge in [0.1, 0.15) is 0 Å². The van der Waals surface area contributed by atoms with Gasteiger partial charge in [0, 0.05) is 11.6 Å². The maximum absolute atomic E-state index is 12.3. The average Bonchev–Trinajstić information content (AvgIpc) is 2.18. The molecule has 0 aromatic carbocycles. The van der Waals surface area contributed by atoms with Crippen LogP contribution in [0.3, 0.4) is 0 Å². The molecular formula is C14H24O3Si2. The lowest BCUT2D eigenvalue weighted by molar-refractivity contribution is -0.137. The molecule has 0 N–H and O–H groups in total. The molecule has 1 rings (SSSR count). The van der Waals surface area contributed by atoms with Gasteiger partial charge in [0.25, 0.3) is 0 Å². The number of carbonyl (C=O) groups excluding carboxylic acids is 2. The normalized spacial score (nSPS) is 18.7. The van der Waals surface area contributed by atoms with Crippen LogP contribution in [0.5, 0.6) is 0 Å². The lowest BCUT2D eigenvalue weighted by Crippen LogP contribution is -2.46. The molecule has 0 aliphatic heterocycles. The predicted molar refractivity (Wildman–Crippen MR) is 83.4 cm³/mol. The number of hydrogen-bond acceptors (Lipinski definition) is 3. The molecule has 0 atom stereocenters. The number of ether oxygens (including phenoxy) is 1. The number of Topliss-reactive ketones (excluding diaryl/α,β-unsaturated/α-hetero) is 1. The number of rotatable bonds is 4. The Hall–Kier alpha value is -0.946. The first-order valence-corrected chi connectivity index (χ1v) is 13.7. The standard InChI is InChI=1S/C14H24O3Si2/c1-8-17-11(15)9-10-12(16)14(19(5,6)7)13(10)18(2,3)4/h9H,8H2,1-7H3/b10-9-. The van der Waals surface area contributed by atoms with E-state index in [1.54, 1.807) is 6.92 Å². The minimum atomic E-state index is -1.65. The molecule has 0 saturated heterocycles. The summed E-state index contributed by atoms with van der Waals surface area (Å²) < 4.78 is 4.92. The van der Waals surface area contributed by atoms with Gasteiger partial charge in [0.15, 0.2) is 5.78 Å². The van der Waals surface area contributed by atoms with Gasteiger partial charge in [-0.3, -0.25) is 4.79 Å². The summed E-state index contributed by atoms with van der Waals surface area (Å²) in [4.78, 5) is 23.9. The van der Waals surface area contributed by atoms with Gasteiger partial charge >= 0.3 is 5.97 Å². The van der Waals surface area contributed by atoms with Gasteiger partial charge < -0.3 is 4.74 Å². The fourth-order valence-corrected chi connectivity index (χ4v) is 8.18. The molecule has 0 aromatic rings. The van der Waals surface area contributed by atoms with Crippen LogP contribution in [-0.4, -0.2) is 34.5 Å². The summed E-state index contributed by atoms with van der Waals surface area (Å²) in [5, 5.41) is 2.21. The Morgan fingerprint density at radius 3 is 1.89 bits per heavy atom. The predicted octanol–water partition coefficient (Wildman–Crippen LogP) is 3.11. The second-order valence-corrected chi connectivity index (χ2v) is 16.9. The second-order valence-electron chi connectivity index (χ2n) is 6.89. The summed E-state index contributed by atoms with van der Waals surface area (Å²) in [6.45, 7) is 15.3. The Balaban J connectivity index is 3.29. The van der Waals surface area contributed by atoms with E-state index in [0.29, 0.717) is 12.2 Å². The van der Waals surface area contributed by atoms with Crippen molar-refractivity contribution < 1.29 is 14.3 Å². The summed E-state index contributed by atoms with van der Waals surface area (Å²) in [7, 11) is -3.27. The number of carbonyl (C=O) groups is 2. The molecule has 1 aliphatic carbocycles. The van der Waals surface area contributed by atoms with Crippen LogP contribution >= 0.6 is 0 Å². The Morgan fingerprint density at radius 2 is 1.53 bits per heavy atom. The zero-order chi connectivity index (χ0) is 15.0. The van der Waals surface area contributed by atoms with Crippen molar-refractivity contribution in [2.24, 2.45) is 0 Å². The zero-order valence-electron chi connectivity index (χ0n) is 13.0. The Morgan fingerprint density at radius 1 is 1.05 bits per heavy atom. The molecule has 0 unspecified atom stereocenters. The van der Waals surface area contributed by atoms with Crippen LogP contribution in [0.2, 0.25) is 39.3 Å². The van der Waals surface area contributed by atoms with Gasteiger partial charge in [0.05, 0.1) is 22.8 Å². The van der Waals surface area contributed by atoms with E-state index in [-0.39, 0.29) is 5.78 Å². The molecule has 0 fully saturated rings. The minimum Gasteiger partial charge on any atom is -0.463 e. The first-order valence-electron chi connectivity index (χ1n) is 6.69. The SMILES string of the molecule is CCOC(=O)/C=C1/C(=O)C([Si](C)(C)C)=C1[Si](C)(C)C. The van der Waals surface area contributed by atoms with Crippen molar-refractivity contribution in [2.75, 3.05) is 6.61 Å². The monoisotopic (exact) mass is 296 g/mol. The van der Waals surface area contributed by atoms with E-state index in [4.69, 9.17) is 4.74 Å². The summed E-state index contributed by atoms with van der Waals surface area (Å²) in [6, 6.07) is 0. The molecule has 3 nitrogen and oxygen atoms in total. The minimum absolute atomic E-state index is 0.0737. The highest BCUT2D eigenvalue weighted by Crippen LogP contribution is 2.41.